The van der Waals surface area contributed by atoms with Crippen molar-refractivity contribution in [1.29, 1.82) is 0 Å². The van der Waals surface area contributed by atoms with Gasteiger partial charge in [0.1, 0.15) is 0 Å². The fourth-order valence-electron chi connectivity index (χ4n) is 2.66. The fourth-order valence-corrected chi connectivity index (χ4v) is 2.84. The molecule has 0 amide bonds. The maximum Gasteiger partial charge on any atom is 0.232 e. The van der Waals surface area contributed by atoms with Gasteiger partial charge >= 0.3 is 0 Å². The molecule has 0 spiro atoms. The molecule has 0 radical (unpaired) electrons. The minimum Gasteiger partial charge on any atom is -0.481 e. The summed E-state index contributed by atoms with van der Waals surface area (Å²) < 4.78 is 10.4. The molecule has 1 aliphatic rings. The third-order valence-corrected chi connectivity index (χ3v) is 3.85. The van der Waals surface area contributed by atoms with Gasteiger partial charge in [-0.1, -0.05) is 19.3 Å². The van der Waals surface area contributed by atoms with E-state index in [2.05, 4.69) is 14.9 Å². The number of methoxy groups -OCH3 is 2. The topological polar surface area (TPSA) is 47.5 Å². The van der Waals surface area contributed by atoms with Gasteiger partial charge in [0.15, 0.2) is 0 Å². The number of hydrogen-bond donors (Lipinski definition) is 0. The number of anilines is 1. The van der Waals surface area contributed by atoms with E-state index in [0.29, 0.717) is 29.6 Å². The third kappa shape index (κ3) is 3.66. The Bertz CT molecular complexity index is 403. The van der Waals surface area contributed by atoms with E-state index in [-0.39, 0.29) is 0 Å². The predicted molar refractivity (Wildman–Crippen MR) is 80.1 cm³/mol. The van der Waals surface area contributed by atoms with Gasteiger partial charge in [-0.15, -0.1) is 11.6 Å². The third-order valence-electron chi connectivity index (χ3n) is 3.68. The minimum absolute atomic E-state index is 0.458. The van der Waals surface area contributed by atoms with Crippen LogP contribution in [0.2, 0.25) is 0 Å². The smallest absolute Gasteiger partial charge is 0.232 e. The van der Waals surface area contributed by atoms with Gasteiger partial charge in [0.2, 0.25) is 17.7 Å². The molecular weight excluding hydrogens is 278 g/mol. The first-order valence-corrected chi connectivity index (χ1v) is 7.61. The monoisotopic (exact) mass is 299 g/mol. The summed E-state index contributed by atoms with van der Waals surface area (Å²) >= 11 is 5.95. The average molecular weight is 300 g/mol. The number of ether oxygens (including phenoxy) is 2. The highest BCUT2D eigenvalue weighted by molar-refractivity contribution is 6.18. The molecular formula is C14H22ClN3O2. The van der Waals surface area contributed by atoms with Gasteiger partial charge in [-0.05, 0) is 12.8 Å². The second-order valence-corrected chi connectivity index (χ2v) is 5.30. The summed E-state index contributed by atoms with van der Waals surface area (Å²) in [6, 6.07) is 2.14. The van der Waals surface area contributed by atoms with Crippen LogP contribution in [-0.4, -0.2) is 42.7 Å². The van der Waals surface area contributed by atoms with Crippen LogP contribution in [0.15, 0.2) is 6.07 Å². The van der Waals surface area contributed by atoms with Gasteiger partial charge in [0.25, 0.3) is 0 Å². The predicted octanol–water partition coefficient (Wildman–Crippen LogP) is 2.87. The Morgan fingerprint density at radius 2 is 1.75 bits per heavy atom. The Morgan fingerprint density at radius 3 is 2.25 bits per heavy atom. The van der Waals surface area contributed by atoms with E-state index >= 15 is 0 Å². The number of rotatable bonds is 6. The molecule has 0 atom stereocenters. The molecule has 0 bridgehead atoms. The zero-order chi connectivity index (χ0) is 14.4. The van der Waals surface area contributed by atoms with Crippen LogP contribution < -0.4 is 14.4 Å². The van der Waals surface area contributed by atoms with Crippen molar-refractivity contribution in [3.05, 3.63) is 6.07 Å². The number of hydrogen-bond acceptors (Lipinski definition) is 5. The Labute approximate surface area is 125 Å². The van der Waals surface area contributed by atoms with Crippen molar-refractivity contribution in [3.63, 3.8) is 0 Å². The van der Waals surface area contributed by atoms with Gasteiger partial charge in [-0.2, -0.15) is 9.97 Å². The SMILES string of the molecule is COc1cc(OC)nc(N(CCCl)C2CCCCC2)n1. The van der Waals surface area contributed by atoms with Crippen LogP contribution in [0.4, 0.5) is 5.95 Å². The molecule has 0 saturated heterocycles. The van der Waals surface area contributed by atoms with Crippen molar-refractivity contribution < 1.29 is 9.47 Å². The van der Waals surface area contributed by atoms with E-state index in [1.807, 2.05) is 0 Å². The van der Waals surface area contributed by atoms with Gasteiger partial charge in [-0.25, -0.2) is 0 Å². The molecule has 0 unspecified atom stereocenters. The Morgan fingerprint density at radius 1 is 1.15 bits per heavy atom. The molecule has 5 nitrogen and oxygen atoms in total. The van der Waals surface area contributed by atoms with Crippen molar-refractivity contribution in [1.82, 2.24) is 9.97 Å². The number of aromatic nitrogens is 2. The number of halogens is 1. The minimum atomic E-state index is 0.458. The highest BCUT2D eigenvalue weighted by Gasteiger charge is 2.24. The highest BCUT2D eigenvalue weighted by Crippen LogP contribution is 2.28. The first kappa shape index (κ1) is 15.2. The van der Waals surface area contributed by atoms with Gasteiger partial charge in [-0.3, -0.25) is 0 Å². The molecule has 1 saturated carbocycles. The van der Waals surface area contributed by atoms with Crippen molar-refractivity contribution in [3.8, 4) is 11.8 Å². The lowest BCUT2D eigenvalue weighted by Crippen LogP contribution is -2.39. The second-order valence-electron chi connectivity index (χ2n) is 4.93. The van der Waals surface area contributed by atoms with E-state index in [9.17, 15) is 0 Å². The zero-order valence-corrected chi connectivity index (χ0v) is 12.9. The first-order chi connectivity index (χ1) is 9.78. The molecule has 1 aromatic heterocycles. The summed E-state index contributed by atoms with van der Waals surface area (Å²) in [5, 5.41) is 0. The van der Waals surface area contributed by atoms with E-state index < -0.39 is 0 Å². The largest absolute Gasteiger partial charge is 0.481 e. The summed E-state index contributed by atoms with van der Waals surface area (Å²) in [6.07, 6.45) is 6.15. The van der Waals surface area contributed by atoms with Crippen molar-refractivity contribution in [2.24, 2.45) is 0 Å². The van der Waals surface area contributed by atoms with Crippen LogP contribution in [0.1, 0.15) is 32.1 Å². The van der Waals surface area contributed by atoms with E-state index in [0.717, 1.165) is 6.54 Å². The Kier molecular flexibility index (Phi) is 5.71. The van der Waals surface area contributed by atoms with Crippen LogP contribution in [0.5, 0.6) is 11.8 Å². The molecule has 1 heterocycles. The molecule has 0 aliphatic heterocycles. The van der Waals surface area contributed by atoms with Crippen LogP contribution in [0.25, 0.3) is 0 Å². The van der Waals surface area contributed by atoms with Crippen molar-refractivity contribution in [2.75, 3.05) is 31.5 Å². The van der Waals surface area contributed by atoms with Crippen LogP contribution in [0.3, 0.4) is 0 Å². The van der Waals surface area contributed by atoms with E-state index in [4.69, 9.17) is 21.1 Å². The lowest BCUT2D eigenvalue weighted by Gasteiger charge is -2.34. The normalized spacial score (nSPS) is 15.9. The van der Waals surface area contributed by atoms with Gasteiger partial charge in [0, 0.05) is 18.5 Å². The lowest BCUT2D eigenvalue weighted by atomic mass is 9.94. The Hall–Kier alpha value is -1.23. The van der Waals surface area contributed by atoms with Gasteiger partial charge in [0.05, 0.1) is 20.3 Å². The Balaban J connectivity index is 2.27. The molecule has 1 aliphatic carbocycles. The quantitative estimate of drug-likeness (QED) is 0.756. The number of nitrogens with zero attached hydrogens (tertiary/aromatic N) is 3. The summed E-state index contributed by atoms with van der Waals surface area (Å²) in [5.74, 6) is 2.23. The molecule has 20 heavy (non-hydrogen) atoms. The molecule has 1 aromatic rings. The highest BCUT2D eigenvalue weighted by atomic mass is 35.5. The summed E-state index contributed by atoms with van der Waals surface area (Å²) in [6.45, 7) is 0.739. The molecule has 0 N–H and O–H groups in total. The molecule has 1 fully saturated rings. The van der Waals surface area contributed by atoms with Gasteiger partial charge < -0.3 is 14.4 Å². The average Bonchev–Trinajstić information content (AvgIpc) is 2.52. The lowest BCUT2D eigenvalue weighted by molar-refractivity contribution is 0.366. The first-order valence-electron chi connectivity index (χ1n) is 7.08. The fraction of sp³-hybridized carbons (Fsp3) is 0.714. The molecule has 112 valence electrons. The van der Waals surface area contributed by atoms with Crippen molar-refractivity contribution >= 4 is 17.5 Å². The summed E-state index contributed by atoms with van der Waals surface area (Å²) in [4.78, 5) is 11.1. The van der Waals surface area contributed by atoms with Crippen LogP contribution >= 0.6 is 11.6 Å². The second kappa shape index (κ2) is 7.53. The van der Waals surface area contributed by atoms with E-state index in [1.165, 1.54) is 32.1 Å². The van der Waals surface area contributed by atoms with Crippen LogP contribution in [-0.2, 0) is 0 Å². The molecule has 6 heteroatoms. The standard InChI is InChI=1S/C14H22ClN3O2/c1-19-12-10-13(20-2)17-14(16-12)18(9-8-15)11-6-4-3-5-7-11/h10-11H,3-9H2,1-2H3. The number of alkyl halides is 1. The maximum atomic E-state index is 5.95. The zero-order valence-electron chi connectivity index (χ0n) is 12.1. The van der Waals surface area contributed by atoms with Crippen molar-refractivity contribution in [2.45, 2.75) is 38.1 Å². The summed E-state index contributed by atoms with van der Waals surface area (Å²) in [5.41, 5.74) is 0. The van der Waals surface area contributed by atoms with E-state index in [1.54, 1.807) is 20.3 Å². The maximum absolute atomic E-state index is 5.95. The molecule has 2 rings (SSSR count). The summed E-state index contributed by atoms with van der Waals surface area (Å²) in [7, 11) is 3.19. The van der Waals surface area contributed by atoms with Crippen LogP contribution in [0, 0.1) is 0 Å². The molecule has 0 aromatic carbocycles.